The molecule has 1 saturated heterocycles. The third-order valence-electron chi connectivity index (χ3n) is 4.21. The summed E-state index contributed by atoms with van der Waals surface area (Å²) in [6.45, 7) is 3.21. The van der Waals surface area contributed by atoms with Crippen LogP contribution in [0.15, 0.2) is 36.4 Å². The van der Waals surface area contributed by atoms with Gasteiger partial charge in [0.15, 0.2) is 6.04 Å². The number of hydrogen-bond acceptors (Lipinski definition) is 2. The number of hydrazine groups is 1. The molecule has 1 amide bonds. The van der Waals surface area contributed by atoms with Gasteiger partial charge in [0.05, 0.1) is 0 Å². The van der Waals surface area contributed by atoms with Crippen LogP contribution in [0.3, 0.4) is 0 Å². The van der Waals surface area contributed by atoms with Crippen molar-refractivity contribution < 1.29 is 18.0 Å². The summed E-state index contributed by atoms with van der Waals surface area (Å²) in [7, 11) is 0. The van der Waals surface area contributed by atoms with Gasteiger partial charge in [-0.1, -0.05) is 35.9 Å². The molecule has 0 radical (unpaired) electrons. The molecule has 1 atom stereocenters. The molecule has 24 heavy (non-hydrogen) atoms. The molecule has 2 aromatic carbocycles. The van der Waals surface area contributed by atoms with Crippen molar-refractivity contribution >= 4 is 28.3 Å². The number of alkyl halides is 3. The molecule has 1 aliphatic heterocycles. The van der Waals surface area contributed by atoms with E-state index in [1.165, 1.54) is 12.1 Å². The van der Waals surface area contributed by atoms with Gasteiger partial charge in [-0.15, -0.1) is 0 Å². The molecule has 1 aliphatic rings. The average molecular weight is 357 g/mol. The summed E-state index contributed by atoms with van der Waals surface area (Å²) in [4.78, 5) is 11.7. The number of halogens is 4. The minimum Gasteiger partial charge on any atom is -0.287 e. The fraction of sp³-hybridized carbons (Fsp3) is 0.353. The Balaban J connectivity index is 2.16. The molecular weight excluding hydrogens is 341 g/mol. The maximum atomic E-state index is 13.8. The van der Waals surface area contributed by atoms with Gasteiger partial charge in [0.25, 0.3) is 0 Å². The van der Waals surface area contributed by atoms with Gasteiger partial charge in [0, 0.05) is 22.4 Å². The third kappa shape index (κ3) is 2.96. The van der Waals surface area contributed by atoms with Crippen molar-refractivity contribution in [3.8, 4) is 0 Å². The predicted octanol–water partition coefficient (Wildman–Crippen LogP) is 4.61. The number of fused-ring (bicyclic) bond motifs is 1. The number of rotatable bonds is 2. The second kappa shape index (κ2) is 5.63. The van der Waals surface area contributed by atoms with E-state index in [1.807, 2.05) is 0 Å². The van der Waals surface area contributed by atoms with Crippen molar-refractivity contribution in [1.82, 2.24) is 10.4 Å². The molecule has 0 spiro atoms. The van der Waals surface area contributed by atoms with Crippen molar-refractivity contribution in [3.63, 3.8) is 0 Å². The van der Waals surface area contributed by atoms with Gasteiger partial charge in [-0.25, -0.2) is 0 Å². The number of carbonyl (C=O) groups excluding carboxylic acids is 1. The van der Waals surface area contributed by atoms with Crippen molar-refractivity contribution in [1.29, 1.82) is 0 Å². The summed E-state index contributed by atoms with van der Waals surface area (Å²) in [5, 5.41) is 2.54. The number of benzene rings is 2. The van der Waals surface area contributed by atoms with E-state index >= 15 is 0 Å². The lowest BCUT2D eigenvalue weighted by Crippen LogP contribution is -2.51. The quantitative estimate of drug-likeness (QED) is 0.852. The van der Waals surface area contributed by atoms with Crippen LogP contribution >= 0.6 is 11.6 Å². The van der Waals surface area contributed by atoms with Crippen LogP contribution in [-0.2, 0) is 4.79 Å². The molecule has 1 N–H and O–H groups in total. The summed E-state index contributed by atoms with van der Waals surface area (Å²) in [6.07, 6.45) is -4.57. The minimum atomic E-state index is -4.57. The minimum absolute atomic E-state index is 0.000886. The van der Waals surface area contributed by atoms with Crippen LogP contribution in [0, 0.1) is 0 Å². The molecule has 1 heterocycles. The largest absolute Gasteiger partial charge is 0.409 e. The number of amides is 1. The Labute approximate surface area is 142 Å². The van der Waals surface area contributed by atoms with E-state index in [4.69, 9.17) is 11.6 Å². The normalized spacial score (nSPS) is 19.5. The molecule has 0 saturated carbocycles. The lowest BCUT2D eigenvalue weighted by Gasteiger charge is -2.38. The topological polar surface area (TPSA) is 32.3 Å². The zero-order valence-electron chi connectivity index (χ0n) is 13.1. The lowest BCUT2D eigenvalue weighted by atomic mass is 9.95. The molecule has 2 aromatic rings. The van der Waals surface area contributed by atoms with Crippen molar-refractivity contribution in [3.05, 3.63) is 47.0 Å². The lowest BCUT2D eigenvalue weighted by molar-refractivity contribution is -0.203. The summed E-state index contributed by atoms with van der Waals surface area (Å²) in [6, 6.07) is 7.81. The number of nitrogens with zero attached hydrogens (tertiary/aromatic N) is 1. The van der Waals surface area contributed by atoms with Crippen molar-refractivity contribution in [2.75, 3.05) is 0 Å². The monoisotopic (exact) mass is 356 g/mol. The summed E-state index contributed by atoms with van der Waals surface area (Å²) < 4.78 is 41.5. The Morgan fingerprint density at radius 3 is 2.50 bits per heavy atom. The first-order valence-corrected chi connectivity index (χ1v) is 7.81. The second-order valence-corrected chi connectivity index (χ2v) is 6.97. The van der Waals surface area contributed by atoms with E-state index in [1.54, 1.807) is 38.1 Å². The second-order valence-electron chi connectivity index (χ2n) is 6.56. The number of hydrogen-bond donors (Lipinski definition) is 1. The standard InChI is InChI=1S/C17H16ClF3N2O/c1-16(2)9-14(24)22-23(16)15(17(19,20)21)11-7-10-5-3-4-6-12(10)13(18)8-11/h3-8,15H,9H2,1-2H3,(H,22,24)/t15-/m0/s1. The van der Waals surface area contributed by atoms with Crippen LogP contribution < -0.4 is 5.43 Å². The van der Waals surface area contributed by atoms with Crippen molar-refractivity contribution in [2.24, 2.45) is 0 Å². The maximum Gasteiger partial charge on any atom is 0.409 e. The third-order valence-corrected chi connectivity index (χ3v) is 4.52. The zero-order valence-corrected chi connectivity index (χ0v) is 13.9. The van der Waals surface area contributed by atoms with E-state index < -0.39 is 23.7 Å². The van der Waals surface area contributed by atoms with Crippen LogP contribution in [0.4, 0.5) is 13.2 Å². The van der Waals surface area contributed by atoms with E-state index in [9.17, 15) is 18.0 Å². The number of nitrogens with one attached hydrogen (secondary N) is 1. The van der Waals surface area contributed by atoms with Crippen LogP contribution in [-0.4, -0.2) is 22.6 Å². The molecule has 1 fully saturated rings. The smallest absolute Gasteiger partial charge is 0.287 e. The SMILES string of the molecule is CC1(C)CC(=O)NN1[C@@H](c1cc(Cl)c2ccccc2c1)C(F)(F)F. The van der Waals surface area contributed by atoms with Crippen LogP contribution in [0.2, 0.25) is 5.02 Å². The van der Waals surface area contributed by atoms with Gasteiger partial charge in [-0.05, 0) is 36.9 Å². The van der Waals surface area contributed by atoms with E-state index in [0.717, 1.165) is 5.01 Å². The highest BCUT2D eigenvalue weighted by Crippen LogP contribution is 2.44. The molecular formula is C17H16ClF3N2O. The van der Waals surface area contributed by atoms with Gasteiger partial charge in [-0.3, -0.25) is 10.2 Å². The highest BCUT2D eigenvalue weighted by molar-refractivity contribution is 6.35. The van der Waals surface area contributed by atoms with Gasteiger partial charge in [0.2, 0.25) is 5.91 Å². The van der Waals surface area contributed by atoms with Crippen molar-refractivity contribution in [2.45, 2.75) is 38.0 Å². The molecule has 7 heteroatoms. The first-order chi connectivity index (χ1) is 11.1. The molecule has 0 aromatic heterocycles. The molecule has 0 unspecified atom stereocenters. The van der Waals surface area contributed by atoms with Crippen LogP contribution in [0.25, 0.3) is 10.8 Å². The summed E-state index contributed by atoms with van der Waals surface area (Å²) in [5.41, 5.74) is 1.39. The molecule has 3 nitrogen and oxygen atoms in total. The molecule has 3 rings (SSSR count). The molecule has 0 bridgehead atoms. The number of carbonyl (C=O) groups is 1. The fourth-order valence-corrected chi connectivity index (χ4v) is 3.44. The molecule has 0 aliphatic carbocycles. The maximum absolute atomic E-state index is 13.8. The fourth-order valence-electron chi connectivity index (χ4n) is 3.15. The Morgan fingerprint density at radius 1 is 1.25 bits per heavy atom. The first kappa shape index (κ1) is 17.0. The van der Waals surface area contributed by atoms with E-state index in [2.05, 4.69) is 5.43 Å². The highest BCUT2D eigenvalue weighted by Gasteiger charge is 2.53. The predicted molar refractivity (Wildman–Crippen MR) is 86.4 cm³/mol. The van der Waals surface area contributed by atoms with E-state index in [0.29, 0.717) is 10.8 Å². The first-order valence-electron chi connectivity index (χ1n) is 7.43. The van der Waals surface area contributed by atoms with Gasteiger partial charge < -0.3 is 0 Å². The van der Waals surface area contributed by atoms with E-state index in [-0.39, 0.29) is 17.0 Å². The van der Waals surface area contributed by atoms with Gasteiger partial charge >= 0.3 is 6.18 Å². The van der Waals surface area contributed by atoms with Gasteiger partial charge in [-0.2, -0.15) is 18.2 Å². The van der Waals surface area contributed by atoms with Crippen LogP contribution in [0.1, 0.15) is 31.9 Å². The average Bonchev–Trinajstić information content (AvgIpc) is 2.70. The Bertz CT molecular complexity index is 804. The summed E-state index contributed by atoms with van der Waals surface area (Å²) >= 11 is 6.19. The zero-order chi connectivity index (χ0) is 17.7. The summed E-state index contributed by atoms with van der Waals surface area (Å²) in [5.74, 6) is -0.430. The Kier molecular flexibility index (Phi) is 4.00. The van der Waals surface area contributed by atoms with Crippen LogP contribution in [0.5, 0.6) is 0 Å². The molecule has 128 valence electrons. The van der Waals surface area contributed by atoms with Gasteiger partial charge in [0.1, 0.15) is 0 Å². The highest BCUT2D eigenvalue weighted by atomic mass is 35.5. The Morgan fingerprint density at radius 2 is 1.92 bits per heavy atom. The Hall–Kier alpha value is -1.79.